The average Bonchev–Trinajstić information content (AvgIpc) is 3.02. The highest BCUT2D eigenvalue weighted by atomic mass is 35.5. The second-order valence-corrected chi connectivity index (χ2v) is 8.11. The predicted octanol–water partition coefficient (Wildman–Crippen LogP) is 3.55. The molecule has 3 N–H and O–H groups in total. The zero-order valence-corrected chi connectivity index (χ0v) is 17.6. The summed E-state index contributed by atoms with van der Waals surface area (Å²) in [5, 5.41) is 3.76. The second-order valence-electron chi connectivity index (χ2n) is 6.36. The summed E-state index contributed by atoms with van der Waals surface area (Å²) >= 11 is 7.44. The number of nitrogens with one attached hydrogen (secondary N) is 1. The Labute approximate surface area is 177 Å². The van der Waals surface area contributed by atoms with Crippen LogP contribution in [0.2, 0.25) is 5.02 Å². The number of fused-ring (bicyclic) bond motifs is 1. The number of imidazole rings is 1. The third-order valence-corrected chi connectivity index (χ3v) is 5.61. The second kappa shape index (κ2) is 9.30. The Balaban J connectivity index is 1.76. The number of primary amides is 1. The molecule has 3 rings (SSSR count). The molecule has 0 aliphatic rings. The van der Waals surface area contributed by atoms with E-state index < -0.39 is 11.2 Å². The molecule has 1 unspecified atom stereocenters. The van der Waals surface area contributed by atoms with Crippen LogP contribution in [0.4, 0.5) is 5.69 Å². The molecule has 2 aromatic carbocycles. The van der Waals surface area contributed by atoms with Gasteiger partial charge >= 0.3 is 0 Å². The maximum Gasteiger partial charge on any atom is 0.248 e. The lowest BCUT2D eigenvalue weighted by Crippen LogP contribution is -2.23. The number of nitrogens with zero attached hydrogens (tertiary/aromatic N) is 2. The van der Waals surface area contributed by atoms with Crippen LogP contribution in [-0.2, 0) is 16.1 Å². The maximum atomic E-state index is 12.6. The van der Waals surface area contributed by atoms with E-state index in [-0.39, 0.29) is 5.91 Å². The molecule has 0 aliphatic carbocycles. The Morgan fingerprint density at radius 2 is 2.00 bits per heavy atom. The first-order chi connectivity index (χ1) is 13.9. The van der Waals surface area contributed by atoms with Crippen LogP contribution in [0.1, 0.15) is 17.3 Å². The highest BCUT2D eigenvalue weighted by Crippen LogP contribution is 2.29. The van der Waals surface area contributed by atoms with Gasteiger partial charge in [-0.05, 0) is 49.4 Å². The van der Waals surface area contributed by atoms with E-state index in [1.807, 2.05) is 23.6 Å². The Hall–Kier alpha value is -2.55. The molecule has 0 spiro atoms. The Bertz CT molecular complexity index is 1040. The molecular weight excluding hydrogens is 412 g/mol. The van der Waals surface area contributed by atoms with Crippen molar-refractivity contribution in [1.82, 2.24) is 9.55 Å². The average molecular weight is 433 g/mol. The first-order valence-corrected chi connectivity index (χ1v) is 10.2. The lowest BCUT2D eigenvalue weighted by molar-refractivity contribution is -0.115. The van der Waals surface area contributed by atoms with Crippen LogP contribution in [0.5, 0.6) is 0 Å². The smallest absolute Gasteiger partial charge is 0.248 e. The summed E-state index contributed by atoms with van der Waals surface area (Å²) in [6, 6.07) is 12.0. The third kappa shape index (κ3) is 5.09. The molecule has 0 radical (unpaired) electrons. The van der Waals surface area contributed by atoms with Crippen molar-refractivity contribution in [2.45, 2.75) is 23.9 Å². The summed E-state index contributed by atoms with van der Waals surface area (Å²) in [4.78, 5) is 28.4. The fraction of sp³-hybridized carbons (Fsp3) is 0.250. The molecule has 152 valence electrons. The quantitative estimate of drug-likeness (QED) is 0.530. The van der Waals surface area contributed by atoms with Crippen molar-refractivity contribution in [2.24, 2.45) is 5.73 Å². The van der Waals surface area contributed by atoms with Crippen molar-refractivity contribution in [3.05, 3.63) is 53.1 Å². The van der Waals surface area contributed by atoms with Crippen molar-refractivity contribution < 1.29 is 14.3 Å². The summed E-state index contributed by atoms with van der Waals surface area (Å²) in [6.45, 7) is 2.94. The molecule has 0 fully saturated rings. The minimum atomic E-state index is -0.512. The van der Waals surface area contributed by atoms with Crippen molar-refractivity contribution >= 4 is 51.9 Å². The molecule has 1 heterocycles. The van der Waals surface area contributed by atoms with Gasteiger partial charge in [0.1, 0.15) is 0 Å². The predicted molar refractivity (Wildman–Crippen MR) is 116 cm³/mol. The molecule has 0 saturated carbocycles. The van der Waals surface area contributed by atoms with Gasteiger partial charge in [0.05, 0.1) is 22.9 Å². The first kappa shape index (κ1) is 21.2. The van der Waals surface area contributed by atoms with Crippen LogP contribution in [-0.4, -0.2) is 40.3 Å². The lowest BCUT2D eigenvalue weighted by atomic mass is 10.2. The fourth-order valence-electron chi connectivity index (χ4n) is 2.74. The fourth-order valence-corrected chi connectivity index (χ4v) is 3.86. The van der Waals surface area contributed by atoms with Gasteiger partial charge in [-0.25, -0.2) is 4.98 Å². The summed E-state index contributed by atoms with van der Waals surface area (Å²) in [5.41, 5.74) is 7.91. The minimum absolute atomic E-state index is 0.176. The SMILES string of the molecule is COCCn1c(SC(C)C(=O)Nc2ccc(C(N)=O)cc2)nc2cc(Cl)ccc21. The summed E-state index contributed by atoms with van der Waals surface area (Å²) in [5.74, 6) is -0.688. The molecule has 7 nitrogen and oxygen atoms in total. The van der Waals surface area contributed by atoms with Crippen LogP contribution in [0, 0.1) is 0 Å². The molecule has 0 saturated heterocycles. The van der Waals surface area contributed by atoms with E-state index in [1.165, 1.54) is 11.8 Å². The molecular formula is C20H21ClN4O3S. The number of methoxy groups -OCH3 is 1. The number of hydrogen-bond acceptors (Lipinski definition) is 5. The van der Waals surface area contributed by atoms with E-state index in [4.69, 9.17) is 22.1 Å². The van der Waals surface area contributed by atoms with Crippen molar-refractivity contribution in [3.63, 3.8) is 0 Å². The normalized spacial score (nSPS) is 12.1. The van der Waals surface area contributed by atoms with Crippen LogP contribution < -0.4 is 11.1 Å². The molecule has 1 atom stereocenters. The Morgan fingerprint density at radius 3 is 2.66 bits per heavy atom. The number of rotatable bonds is 8. The number of carbonyl (C=O) groups is 2. The van der Waals surface area contributed by atoms with Crippen molar-refractivity contribution in [3.8, 4) is 0 Å². The van der Waals surface area contributed by atoms with Crippen molar-refractivity contribution in [1.29, 1.82) is 0 Å². The summed E-state index contributed by atoms with van der Waals surface area (Å²) in [6.07, 6.45) is 0. The molecule has 1 aromatic heterocycles. The van der Waals surface area contributed by atoms with Gasteiger partial charge in [0.25, 0.3) is 0 Å². The first-order valence-electron chi connectivity index (χ1n) is 8.91. The number of thioether (sulfide) groups is 1. The maximum absolute atomic E-state index is 12.6. The van der Waals surface area contributed by atoms with Gasteiger partial charge in [-0.15, -0.1) is 0 Å². The Morgan fingerprint density at radius 1 is 1.28 bits per heavy atom. The number of anilines is 1. The lowest BCUT2D eigenvalue weighted by Gasteiger charge is -2.13. The van der Waals surface area contributed by atoms with Gasteiger partial charge in [-0.1, -0.05) is 23.4 Å². The van der Waals surface area contributed by atoms with Crippen LogP contribution in [0.15, 0.2) is 47.6 Å². The van der Waals surface area contributed by atoms with Crippen LogP contribution in [0.25, 0.3) is 11.0 Å². The highest BCUT2D eigenvalue weighted by Gasteiger charge is 2.20. The standard InChI is InChI=1S/C20H21ClN4O3S/c1-12(19(27)23-15-6-3-13(4-7-15)18(22)26)29-20-24-16-11-14(21)5-8-17(16)25(20)9-10-28-2/h3-8,11-12H,9-10H2,1-2H3,(H2,22,26)(H,23,27). The number of halogens is 1. The number of nitrogens with two attached hydrogens (primary N) is 1. The molecule has 0 aliphatic heterocycles. The van der Waals surface area contributed by atoms with Crippen molar-refractivity contribution in [2.75, 3.05) is 19.0 Å². The van der Waals surface area contributed by atoms with E-state index in [0.717, 1.165) is 11.0 Å². The highest BCUT2D eigenvalue weighted by molar-refractivity contribution is 8.00. The van der Waals surface area contributed by atoms with E-state index in [9.17, 15) is 9.59 Å². The van der Waals surface area contributed by atoms with Crippen LogP contribution in [0.3, 0.4) is 0 Å². The molecule has 29 heavy (non-hydrogen) atoms. The number of amides is 2. The zero-order chi connectivity index (χ0) is 21.0. The minimum Gasteiger partial charge on any atom is -0.383 e. The number of benzene rings is 2. The largest absolute Gasteiger partial charge is 0.383 e. The Kier molecular flexibility index (Phi) is 6.79. The van der Waals surface area contributed by atoms with Gasteiger partial charge in [-0.2, -0.15) is 0 Å². The number of hydrogen-bond donors (Lipinski definition) is 2. The zero-order valence-electron chi connectivity index (χ0n) is 16.0. The van der Waals surface area contributed by atoms with Crippen LogP contribution >= 0.6 is 23.4 Å². The van der Waals surface area contributed by atoms with Gasteiger partial charge in [0.2, 0.25) is 11.8 Å². The number of ether oxygens (including phenoxy) is 1. The molecule has 3 aromatic rings. The third-order valence-electron chi connectivity index (χ3n) is 4.28. The molecule has 9 heteroatoms. The van der Waals surface area contributed by atoms with Gasteiger partial charge < -0.3 is 20.4 Å². The van der Waals surface area contributed by atoms with E-state index >= 15 is 0 Å². The van der Waals surface area contributed by atoms with E-state index in [1.54, 1.807) is 37.4 Å². The summed E-state index contributed by atoms with van der Waals surface area (Å²) in [7, 11) is 1.64. The van der Waals surface area contributed by atoms with Gasteiger partial charge in [0.15, 0.2) is 5.16 Å². The number of carbonyl (C=O) groups excluding carboxylic acids is 2. The summed E-state index contributed by atoms with van der Waals surface area (Å²) < 4.78 is 7.22. The number of aromatic nitrogens is 2. The van der Waals surface area contributed by atoms with Gasteiger partial charge in [0, 0.05) is 29.9 Å². The van der Waals surface area contributed by atoms with E-state index in [0.29, 0.717) is 34.6 Å². The monoisotopic (exact) mass is 432 g/mol. The topological polar surface area (TPSA) is 99.2 Å². The van der Waals surface area contributed by atoms with E-state index in [2.05, 4.69) is 10.3 Å². The van der Waals surface area contributed by atoms with Gasteiger partial charge in [-0.3, -0.25) is 9.59 Å². The molecule has 2 amide bonds. The molecule has 0 bridgehead atoms.